The lowest BCUT2D eigenvalue weighted by molar-refractivity contribution is -0.153. The Morgan fingerprint density at radius 3 is 2.40 bits per heavy atom. The van der Waals surface area contributed by atoms with Gasteiger partial charge in [-0.25, -0.2) is 0 Å². The highest BCUT2D eigenvalue weighted by Gasteiger charge is 2.28. The molecule has 0 aliphatic carbocycles. The summed E-state index contributed by atoms with van der Waals surface area (Å²) >= 11 is 0. The van der Waals surface area contributed by atoms with Crippen molar-refractivity contribution in [2.75, 3.05) is 13.7 Å². The average Bonchev–Trinajstić information content (AvgIpc) is 2.67. The van der Waals surface area contributed by atoms with Crippen LogP contribution in [0.15, 0.2) is 53.5 Å². The summed E-state index contributed by atoms with van der Waals surface area (Å²) in [6.45, 7) is -3.86. The molecule has 0 aliphatic heterocycles. The van der Waals surface area contributed by atoms with Gasteiger partial charge in [-0.15, -0.1) is 24.0 Å². The van der Waals surface area contributed by atoms with E-state index < -0.39 is 19.4 Å². The number of halogens is 6. The van der Waals surface area contributed by atoms with E-state index in [9.17, 15) is 22.0 Å². The van der Waals surface area contributed by atoms with Gasteiger partial charge in [-0.1, -0.05) is 30.3 Å². The van der Waals surface area contributed by atoms with Gasteiger partial charge >= 0.3 is 12.8 Å². The molecule has 166 valence electrons. The van der Waals surface area contributed by atoms with Gasteiger partial charge in [-0.2, -0.15) is 22.0 Å². The van der Waals surface area contributed by atoms with Crippen molar-refractivity contribution in [3.63, 3.8) is 0 Å². The minimum absolute atomic E-state index is 0. The number of rotatable bonds is 8. The number of para-hydroxylation sites is 1. The van der Waals surface area contributed by atoms with Gasteiger partial charge in [-0.3, -0.25) is 4.99 Å². The number of ether oxygens (including phenoxy) is 2. The zero-order chi connectivity index (χ0) is 21.3. The number of alkyl halides is 5. The highest BCUT2D eigenvalue weighted by atomic mass is 127. The Bertz CT molecular complexity index is 819. The first kappa shape index (κ1) is 25.7. The van der Waals surface area contributed by atoms with Crippen LogP contribution in [0.25, 0.3) is 0 Å². The van der Waals surface area contributed by atoms with Crippen molar-refractivity contribution >= 4 is 29.9 Å². The molecule has 0 amide bonds. The number of nitrogens with one attached hydrogen (secondary N) is 2. The zero-order valence-electron chi connectivity index (χ0n) is 15.9. The van der Waals surface area contributed by atoms with E-state index in [0.29, 0.717) is 17.1 Å². The van der Waals surface area contributed by atoms with Crippen molar-refractivity contribution < 1.29 is 31.4 Å². The number of nitrogens with zero attached hydrogens (tertiary/aromatic N) is 1. The van der Waals surface area contributed by atoms with Crippen molar-refractivity contribution in [3.8, 4) is 11.5 Å². The van der Waals surface area contributed by atoms with Crippen molar-refractivity contribution in [3.05, 3.63) is 59.7 Å². The normalized spacial score (nSPS) is 11.6. The van der Waals surface area contributed by atoms with Gasteiger partial charge in [0, 0.05) is 25.7 Å². The molecular weight excluding hydrogens is 524 g/mol. The molecule has 2 rings (SSSR count). The van der Waals surface area contributed by atoms with E-state index in [-0.39, 0.29) is 48.6 Å². The van der Waals surface area contributed by atoms with Gasteiger partial charge in [0.1, 0.15) is 11.5 Å². The fourth-order valence-electron chi connectivity index (χ4n) is 2.36. The molecule has 2 N–H and O–H groups in total. The molecule has 0 unspecified atom stereocenters. The summed E-state index contributed by atoms with van der Waals surface area (Å²) < 4.78 is 70.9. The van der Waals surface area contributed by atoms with E-state index in [1.165, 1.54) is 25.2 Å². The summed E-state index contributed by atoms with van der Waals surface area (Å²) in [6.07, 6.45) is -4.41. The fourth-order valence-corrected chi connectivity index (χ4v) is 2.36. The van der Waals surface area contributed by atoms with Crippen LogP contribution in [0.1, 0.15) is 11.1 Å². The SMILES string of the molecule is CN=C(NCc1cccc(OCC(F)(F)F)c1)NCc1ccccc1OC(F)F.I. The van der Waals surface area contributed by atoms with E-state index in [4.69, 9.17) is 4.74 Å². The molecule has 0 radical (unpaired) electrons. The van der Waals surface area contributed by atoms with Gasteiger partial charge in [0.2, 0.25) is 0 Å². The van der Waals surface area contributed by atoms with E-state index in [0.717, 1.165) is 0 Å². The van der Waals surface area contributed by atoms with Crippen molar-refractivity contribution in [2.24, 2.45) is 4.99 Å². The standard InChI is InChI=1S/C19H20F5N3O2.HI/c1-25-18(27-11-14-6-2-3-8-16(14)29-17(20)21)26-10-13-5-4-7-15(9-13)28-12-19(22,23)24;/h2-9,17H,10-12H2,1H3,(H2,25,26,27);1H. The molecule has 0 spiro atoms. The highest BCUT2D eigenvalue weighted by Crippen LogP contribution is 2.20. The molecular formula is C19H21F5IN3O2. The maximum Gasteiger partial charge on any atom is 0.422 e. The quantitative estimate of drug-likeness (QED) is 0.219. The van der Waals surface area contributed by atoms with E-state index in [2.05, 4.69) is 20.4 Å². The molecule has 2 aromatic rings. The van der Waals surface area contributed by atoms with Crippen LogP contribution >= 0.6 is 24.0 Å². The average molecular weight is 545 g/mol. The third-order valence-electron chi connectivity index (χ3n) is 3.62. The molecule has 0 aliphatic rings. The summed E-state index contributed by atoms with van der Waals surface area (Å²) in [7, 11) is 1.53. The van der Waals surface area contributed by atoms with E-state index in [1.54, 1.807) is 30.3 Å². The van der Waals surface area contributed by atoms with Crippen LogP contribution in [0.2, 0.25) is 0 Å². The minimum atomic E-state index is -4.41. The van der Waals surface area contributed by atoms with E-state index in [1.807, 2.05) is 0 Å². The summed E-state index contributed by atoms with van der Waals surface area (Å²) in [5.74, 6) is 0.529. The summed E-state index contributed by atoms with van der Waals surface area (Å²) in [6, 6.07) is 12.6. The molecule has 0 bridgehead atoms. The number of guanidine groups is 1. The first-order valence-corrected chi connectivity index (χ1v) is 8.52. The smallest absolute Gasteiger partial charge is 0.422 e. The Kier molecular flexibility index (Phi) is 10.6. The van der Waals surface area contributed by atoms with Crippen LogP contribution in [-0.4, -0.2) is 32.4 Å². The Morgan fingerprint density at radius 1 is 1.03 bits per heavy atom. The number of hydrogen-bond acceptors (Lipinski definition) is 3. The third kappa shape index (κ3) is 9.46. The Balaban J connectivity index is 0.00000450. The molecule has 2 aromatic carbocycles. The second-order valence-electron chi connectivity index (χ2n) is 5.82. The number of aliphatic imine (C=N–C) groups is 1. The molecule has 0 saturated heterocycles. The number of benzene rings is 2. The number of hydrogen-bond donors (Lipinski definition) is 2. The van der Waals surface area contributed by atoms with Crippen molar-refractivity contribution in [2.45, 2.75) is 25.9 Å². The minimum Gasteiger partial charge on any atom is -0.484 e. The molecule has 30 heavy (non-hydrogen) atoms. The maximum absolute atomic E-state index is 12.5. The van der Waals surface area contributed by atoms with Gasteiger partial charge in [-0.05, 0) is 23.8 Å². The van der Waals surface area contributed by atoms with E-state index >= 15 is 0 Å². The lowest BCUT2D eigenvalue weighted by atomic mass is 10.2. The van der Waals surface area contributed by atoms with Crippen LogP contribution < -0.4 is 20.1 Å². The highest BCUT2D eigenvalue weighted by molar-refractivity contribution is 14.0. The largest absolute Gasteiger partial charge is 0.484 e. The van der Waals surface area contributed by atoms with Crippen LogP contribution in [0.5, 0.6) is 11.5 Å². The molecule has 0 fully saturated rings. The molecule has 5 nitrogen and oxygen atoms in total. The van der Waals surface area contributed by atoms with Crippen molar-refractivity contribution in [1.29, 1.82) is 0 Å². The monoisotopic (exact) mass is 545 g/mol. The Morgan fingerprint density at radius 2 is 1.73 bits per heavy atom. The topological polar surface area (TPSA) is 54.9 Å². The predicted molar refractivity (Wildman–Crippen MR) is 114 cm³/mol. The zero-order valence-corrected chi connectivity index (χ0v) is 18.2. The summed E-state index contributed by atoms with van der Waals surface area (Å²) in [5, 5.41) is 5.95. The second-order valence-corrected chi connectivity index (χ2v) is 5.82. The lowest BCUT2D eigenvalue weighted by Gasteiger charge is -2.15. The van der Waals surface area contributed by atoms with Crippen LogP contribution in [0.3, 0.4) is 0 Å². The molecule has 0 aromatic heterocycles. The first-order valence-electron chi connectivity index (χ1n) is 8.52. The van der Waals surface area contributed by atoms with Crippen LogP contribution in [0, 0.1) is 0 Å². The fraction of sp³-hybridized carbons (Fsp3) is 0.316. The molecule has 11 heteroatoms. The van der Waals surface area contributed by atoms with Crippen LogP contribution in [0.4, 0.5) is 22.0 Å². The first-order chi connectivity index (χ1) is 13.8. The van der Waals surface area contributed by atoms with Gasteiger partial charge < -0.3 is 20.1 Å². The Hall–Kier alpha value is -2.31. The van der Waals surface area contributed by atoms with Crippen molar-refractivity contribution in [1.82, 2.24) is 10.6 Å². The second kappa shape index (κ2) is 12.4. The molecule has 0 saturated carbocycles. The third-order valence-corrected chi connectivity index (χ3v) is 3.62. The van der Waals surface area contributed by atoms with Gasteiger partial charge in [0.25, 0.3) is 0 Å². The lowest BCUT2D eigenvalue weighted by Crippen LogP contribution is -2.36. The summed E-state index contributed by atoms with van der Waals surface area (Å²) in [5.41, 5.74) is 1.19. The molecule has 0 atom stereocenters. The summed E-state index contributed by atoms with van der Waals surface area (Å²) in [4.78, 5) is 4.03. The maximum atomic E-state index is 12.5. The molecule has 0 heterocycles. The van der Waals surface area contributed by atoms with Gasteiger partial charge in [0.15, 0.2) is 12.6 Å². The Labute approximate surface area is 187 Å². The van der Waals surface area contributed by atoms with Crippen LogP contribution in [-0.2, 0) is 13.1 Å². The van der Waals surface area contributed by atoms with Gasteiger partial charge in [0.05, 0.1) is 0 Å². The predicted octanol–water partition coefficient (Wildman–Crippen LogP) is 4.71.